The molecule has 5 aromatic carbocycles. The van der Waals surface area contributed by atoms with E-state index in [2.05, 4.69) is 0 Å². The Balaban J connectivity index is 0.000000289. The van der Waals surface area contributed by atoms with Crippen molar-refractivity contribution in [3.05, 3.63) is 70.8 Å². The van der Waals surface area contributed by atoms with E-state index in [1.165, 1.54) is 0 Å². The standard InChI is InChI=1S/C28H16O4.C3H5F3.C2H3F3/c1-11-25(29)17-7-3-13-15-5-9-19-24-20(28(32)12(2)27(19)31)10-6-16(22(15)24)14-4-8-18(26(11)30)23(17)21(13)14;1-2-3(4,5)6;1-2(3,4)5/h3-12H,1-2H3;2H2,1H3;1H3. The van der Waals surface area contributed by atoms with E-state index in [0.29, 0.717) is 33.0 Å². The second kappa shape index (κ2) is 10.1. The van der Waals surface area contributed by atoms with Crippen LogP contribution in [-0.4, -0.2) is 35.5 Å². The number of benzene rings is 5. The van der Waals surface area contributed by atoms with Gasteiger partial charge in [-0.2, -0.15) is 26.3 Å². The van der Waals surface area contributed by atoms with Crippen molar-refractivity contribution in [1.29, 1.82) is 0 Å². The summed E-state index contributed by atoms with van der Waals surface area (Å²) in [4.78, 5) is 51.7. The molecular formula is C33H24F6O4. The molecule has 0 unspecified atom stereocenters. The molecule has 0 spiro atoms. The van der Waals surface area contributed by atoms with Crippen LogP contribution in [0.1, 0.15) is 75.5 Å². The van der Waals surface area contributed by atoms with Gasteiger partial charge >= 0.3 is 12.4 Å². The van der Waals surface area contributed by atoms with Crippen molar-refractivity contribution in [3.63, 3.8) is 0 Å². The Morgan fingerprint density at radius 3 is 0.907 bits per heavy atom. The molecule has 4 nitrogen and oxygen atoms in total. The van der Waals surface area contributed by atoms with E-state index in [1.807, 2.05) is 48.5 Å². The highest BCUT2D eigenvalue weighted by atomic mass is 19.4. The number of Topliss-reactive ketones (excluding diaryl/α,β-unsaturated/α-hetero) is 4. The number of fused-ring (bicyclic) bond motifs is 2. The van der Waals surface area contributed by atoms with Crippen LogP contribution >= 0.6 is 0 Å². The van der Waals surface area contributed by atoms with Gasteiger partial charge in [-0.15, -0.1) is 0 Å². The highest BCUT2D eigenvalue weighted by Gasteiger charge is 2.36. The van der Waals surface area contributed by atoms with Crippen molar-refractivity contribution < 1.29 is 45.5 Å². The number of carbonyl (C=O) groups excluding carboxylic acids is 4. The Morgan fingerprint density at radius 2 is 0.721 bits per heavy atom. The lowest BCUT2D eigenvalue weighted by Gasteiger charge is -2.25. The third kappa shape index (κ3) is 4.92. The van der Waals surface area contributed by atoms with Crippen LogP contribution < -0.4 is 0 Å². The highest BCUT2D eigenvalue weighted by molar-refractivity contribution is 6.42. The molecule has 0 aliphatic heterocycles. The van der Waals surface area contributed by atoms with E-state index in [-0.39, 0.29) is 30.1 Å². The van der Waals surface area contributed by atoms with E-state index >= 15 is 0 Å². The van der Waals surface area contributed by atoms with Gasteiger partial charge in [-0.25, -0.2) is 0 Å². The third-order valence-electron chi connectivity index (χ3n) is 7.94. The van der Waals surface area contributed by atoms with Crippen molar-refractivity contribution in [2.24, 2.45) is 11.8 Å². The Hall–Kier alpha value is -4.34. The second-order valence-electron chi connectivity index (χ2n) is 10.8. The summed E-state index contributed by atoms with van der Waals surface area (Å²) in [7, 11) is 0. The summed E-state index contributed by atoms with van der Waals surface area (Å²) in [6.45, 7) is 4.60. The zero-order chi connectivity index (χ0) is 31.8. The summed E-state index contributed by atoms with van der Waals surface area (Å²) in [5.74, 6) is -1.94. The largest absolute Gasteiger partial charge is 0.388 e. The van der Waals surface area contributed by atoms with Crippen LogP contribution in [0.25, 0.3) is 43.1 Å². The second-order valence-corrected chi connectivity index (χ2v) is 10.8. The molecule has 0 radical (unpaired) electrons. The SMILES string of the molecule is CC(F)(F)F.CC1C(=O)c2ccc3c4ccc5c6c(ccc(c7ccc(c2c37)C1=O)c64)C(=O)C(C)C5=O.CCC(F)(F)F. The molecule has 2 aliphatic rings. The first-order valence-corrected chi connectivity index (χ1v) is 13.5. The smallest absolute Gasteiger partial charge is 0.293 e. The van der Waals surface area contributed by atoms with E-state index in [9.17, 15) is 45.5 Å². The molecule has 43 heavy (non-hydrogen) atoms. The van der Waals surface area contributed by atoms with Gasteiger partial charge < -0.3 is 0 Å². The van der Waals surface area contributed by atoms with Gasteiger partial charge in [0, 0.05) is 46.4 Å². The first-order valence-electron chi connectivity index (χ1n) is 13.5. The molecule has 5 aromatic rings. The van der Waals surface area contributed by atoms with Crippen molar-refractivity contribution in [1.82, 2.24) is 0 Å². The lowest BCUT2D eigenvalue weighted by molar-refractivity contribution is -0.130. The minimum Gasteiger partial charge on any atom is -0.293 e. The van der Waals surface area contributed by atoms with Crippen LogP contribution in [-0.2, 0) is 0 Å². The molecule has 222 valence electrons. The molecule has 7 rings (SSSR count). The molecule has 0 saturated heterocycles. The van der Waals surface area contributed by atoms with Gasteiger partial charge in [0.2, 0.25) is 0 Å². The minimum atomic E-state index is -4.00. The molecule has 10 heteroatoms. The summed E-state index contributed by atoms with van der Waals surface area (Å²) in [6, 6.07) is 15.0. The summed E-state index contributed by atoms with van der Waals surface area (Å²) in [5.41, 5.74) is 2.34. The summed E-state index contributed by atoms with van der Waals surface area (Å²) in [6.07, 6.45) is -8.69. The number of alkyl halides is 6. The predicted molar refractivity (Wildman–Crippen MR) is 151 cm³/mol. The predicted octanol–water partition coefficient (Wildman–Crippen LogP) is 9.29. The fourth-order valence-electron chi connectivity index (χ4n) is 5.88. The molecule has 0 atom stereocenters. The van der Waals surface area contributed by atoms with E-state index in [0.717, 1.165) is 39.2 Å². The fraction of sp³-hybridized carbons (Fsp3) is 0.273. The average molecular weight is 599 g/mol. The maximum absolute atomic E-state index is 12.9. The maximum Gasteiger partial charge on any atom is 0.388 e. The number of rotatable bonds is 0. The summed E-state index contributed by atoms with van der Waals surface area (Å²) >= 11 is 0. The van der Waals surface area contributed by atoms with E-state index in [1.54, 1.807) is 13.8 Å². The van der Waals surface area contributed by atoms with Crippen LogP contribution in [0.3, 0.4) is 0 Å². The van der Waals surface area contributed by atoms with Gasteiger partial charge in [0.1, 0.15) is 0 Å². The number of halogens is 6. The molecule has 0 amide bonds. The van der Waals surface area contributed by atoms with E-state index in [4.69, 9.17) is 0 Å². The Morgan fingerprint density at radius 1 is 0.512 bits per heavy atom. The third-order valence-corrected chi connectivity index (χ3v) is 7.94. The molecule has 0 heterocycles. The monoisotopic (exact) mass is 598 g/mol. The highest BCUT2D eigenvalue weighted by Crippen LogP contribution is 2.46. The lowest BCUT2D eigenvalue weighted by atomic mass is 9.75. The van der Waals surface area contributed by atoms with Gasteiger partial charge in [-0.05, 0) is 46.2 Å². The van der Waals surface area contributed by atoms with Crippen LogP contribution in [0.2, 0.25) is 0 Å². The molecule has 0 fully saturated rings. The fourth-order valence-corrected chi connectivity index (χ4v) is 5.88. The van der Waals surface area contributed by atoms with Crippen molar-refractivity contribution in [2.45, 2.75) is 46.5 Å². The summed E-state index contributed by atoms with van der Waals surface area (Å²) in [5, 5.41) is 6.91. The number of hydrogen-bond acceptors (Lipinski definition) is 4. The normalized spacial score (nSPS) is 15.8. The van der Waals surface area contributed by atoms with Gasteiger partial charge in [0.25, 0.3) is 0 Å². The van der Waals surface area contributed by atoms with Crippen molar-refractivity contribution in [2.75, 3.05) is 0 Å². The van der Waals surface area contributed by atoms with Gasteiger partial charge in [0.05, 0.1) is 11.8 Å². The maximum atomic E-state index is 12.9. The molecule has 2 aliphatic carbocycles. The zero-order valence-electron chi connectivity index (χ0n) is 23.4. The van der Waals surface area contributed by atoms with E-state index < -0.39 is 30.6 Å². The Bertz CT molecular complexity index is 1740. The van der Waals surface area contributed by atoms with Crippen LogP contribution in [0.4, 0.5) is 26.3 Å². The van der Waals surface area contributed by atoms with Crippen LogP contribution in [0.15, 0.2) is 48.5 Å². The number of carbonyl (C=O) groups is 4. The van der Waals surface area contributed by atoms with Gasteiger partial charge in [0.15, 0.2) is 23.1 Å². The zero-order valence-corrected chi connectivity index (χ0v) is 23.4. The first kappa shape index (κ1) is 30.1. The molecule has 0 N–H and O–H groups in total. The molecule has 0 saturated carbocycles. The van der Waals surface area contributed by atoms with Gasteiger partial charge in [-0.3, -0.25) is 19.2 Å². The van der Waals surface area contributed by atoms with Gasteiger partial charge in [-0.1, -0.05) is 55.5 Å². The molecule has 0 bridgehead atoms. The Labute approximate surface area is 241 Å². The van der Waals surface area contributed by atoms with Crippen molar-refractivity contribution >= 4 is 66.2 Å². The molecular weight excluding hydrogens is 574 g/mol. The van der Waals surface area contributed by atoms with Crippen molar-refractivity contribution in [3.8, 4) is 0 Å². The lowest BCUT2D eigenvalue weighted by Crippen LogP contribution is -2.27. The molecule has 0 aromatic heterocycles. The van der Waals surface area contributed by atoms with Crippen LogP contribution in [0.5, 0.6) is 0 Å². The number of hydrogen-bond donors (Lipinski definition) is 0. The minimum absolute atomic E-state index is 0.146. The average Bonchev–Trinajstić information content (AvgIpc) is 2.94. The quantitative estimate of drug-likeness (QED) is 0.0771. The Kier molecular flexibility index (Phi) is 7.10. The van der Waals surface area contributed by atoms with Crippen LogP contribution in [0, 0.1) is 11.8 Å². The number of ketones is 4. The summed E-state index contributed by atoms with van der Waals surface area (Å²) < 4.78 is 63.4. The first-order chi connectivity index (χ1) is 20.0. The topological polar surface area (TPSA) is 68.3 Å².